The highest BCUT2D eigenvalue weighted by atomic mass is 35.5. The lowest BCUT2D eigenvalue weighted by molar-refractivity contribution is 0.134. The Hall–Kier alpha value is -1.33. The van der Waals surface area contributed by atoms with Gasteiger partial charge in [0.15, 0.2) is 0 Å². The molecule has 1 aromatic rings. The molecule has 1 aliphatic heterocycles. The predicted octanol–water partition coefficient (Wildman–Crippen LogP) is 3.13. The average Bonchev–Trinajstić information content (AvgIpc) is 2.36. The maximum atomic E-state index is 10.8. The predicted molar refractivity (Wildman–Crippen MR) is 77.1 cm³/mol. The summed E-state index contributed by atoms with van der Waals surface area (Å²) in [7, 11) is 0. The topological polar surface area (TPSA) is 78.6 Å². The van der Waals surface area contributed by atoms with Crippen molar-refractivity contribution >= 4 is 40.7 Å². The van der Waals surface area contributed by atoms with Crippen LogP contribution in [0.3, 0.4) is 0 Å². The quantitative estimate of drug-likeness (QED) is 0.733. The van der Waals surface area contributed by atoms with Gasteiger partial charge in [0.25, 0.3) is 0 Å². The molecule has 1 aromatic carbocycles. The third kappa shape index (κ3) is 3.36. The van der Waals surface area contributed by atoms with Gasteiger partial charge >= 0.3 is 6.09 Å². The first-order chi connectivity index (χ1) is 8.97. The van der Waals surface area contributed by atoms with E-state index in [1.54, 1.807) is 12.1 Å². The van der Waals surface area contributed by atoms with Crippen LogP contribution in [0, 0.1) is 0 Å². The summed E-state index contributed by atoms with van der Waals surface area (Å²) in [5.41, 5.74) is 7.15. The van der Waals surface area contributed by atoms with Crippen LogP contribution in [0.5, 0.6) is 0 Å². The first kappa shape index (κ1) is 14.1. The first-order valence-electron chi connectivity index (χ1n) is 5.96. The van der Waals surface area contributed by atoms with E-state index >= 15 is 0 Å². The van der Waals surface area contributed by atoms with Gasteiger partial charge in [0, 0.05) is 19.1 Å². The van der Waals surface area contributed by atoms with E-state index in [4.69, 9.17) is 34.0 Å². The molecule has 1 aliphatic rings. The minimum absolute atomic E-state index is 0.190. The van der Waals surface area contributed by atoms with E-state index in [1.807, 2.05) is 0 Å². The lowest BCUT2D eigenvalue weighted by Gasteiger charge is -2.31. The van der Waals surface area contributed by atoms with Gasteiger partial charge in [-0.05, 0) is 25.0 Å². The molecule has 0 spiro atoms. The Bertz CT molecular complexity index is 488. The number of nitrogens with two attached hydrogens (primary N) is 1. The number of nitrogen functional groups attached to an aromatic ring is 1. The van der Waals surface area contributed by atoms with Gasteiger partial charge in [-0.3, -0.25) is 0 Å². The minimum atomic E-state index is -0.868. The van der Waals surface area contributed by atoms with Gasteiger partial charge in [-0.15, -0.1) is 0 Å². The number of anilines is 2. The number of nitrogens with zero attached hydrogens (tertiary/aromatic N) is 1. The smallest absolute Gasteiger partial charge is 0.407 e. The molecule has 2 rings (SSSR count). The van der Waals surface area contributed by atoms with E-state index in [1.165, 1.54) is 4.90 Å². The molecule has 1 heterocycles. The van der Waals surface area contributed by atoms with Crippen molar-refractivity contribution in [3.63, 3.8) is 0 Å². The minimum Gasteiger partial charge on any atom is -0.465 e. The second kappa shape index (κ2) is 5.75. The molecule has 4 N–H and O–H groups in total. The number of amides is 1. The summed E-state index contributed by atoms with van der Waals surface area (Å²) in [6.45, 7) is 1.04. The molecule has 1 fully saturated rings. The van der Waals surface area contributed by atoms with Crippen LogP contribution in [-0.2, 0) is 0 Å². The zero-order valence-electron chi connectivity index (χ0n) is 10.2. The normalized spacial score (nSPS) is 16.4. The van der Waals surface area contributed by atoms with Crippen molar-refractivity contribution in [1.82, 2.24) is 4.90 Å². The van der Waals surface area contributed by atoms with Gasteiger partial charge in [0.1, 0.15) is 0 Å². The number of halogens is 2. The Kier molecular flexibility index (Phi) is 4.27. The number of piperidine rings is 1. The molecule has 0 bridgehead atoms. The summed E-state index contributed by atoms with van der Waals surface area (Å²) < 4.78 is 0. The van der Waals surface area contributed by atoms with E-state index in [2.05, 4.69) is 5.32 Å². The third-order valence-electron chi connectivity index (χ3n) is 3.22. The molecule has 0 aliphatic carbocycles. The molecule has 19 heavy (non-hydrogen) atoms. The number of benzene rings is 1. The Morgan fingerprint density at radius 2 is 1.89 bits per heavy atom. The molecular weight excluding hydrogens is 289 g/mol. The molecule has 0 unspecified atom stereocenters. The van der Waals surface area contributed by atoms with Gasteiger partial charge in [-0.25, -0.2) is 4.79 Å². The molecule has 0 aromatic heterocycles. The summed E-state index contributed by atoms with van der Waals surface area (Å²) in [4.78, 5) is 12.2. The Morgan fingerprint density at radius 1 is 1.32 bits per heavy atom. The maximum absolute atomic E-state index is 10.8. The number of nitrogens with one attached hydrogen (secondary N) is 1. The van der Waals surface area contributed by atoms with Gasteiger partial charge in [-0.2, -0.15) is 0 Å². The maximum Gasteiger partial charge on any atom is 0.407 e. The second-order valence-electron chi connectivity index (χ2n) is 4.54. The molecule has 0 radical (unpaired) electrons. The van der Waals surface area contributed by atoms with Crippen molar-refractivity contribution in [2.24, 2.45) is 0 Å². The van der Waals surface area contributed by atoms with E-state index in [-0.39, 0.29) is 6.04 Å². The fourth-order valence-electron chi connectivity index (χ4n) is 2.12. The van der Waals surface area contributed by atoms with Crippen molar-refractivity contribution < 1.29 is 9.90 Å². The van der Waals surface area contributed by atoms with Crippen LogP contribution in [-0.4, -0.2) is 35.2 Å². The zero-order chi connectivity index (χ0) is 14.0. The fraction of sp³-hybridized carbons (Fsp3) is 0.417. The van der Waals surface area contributed by atoms with Crippen LogP contribution in [0.25, 0.3) is 0 Å². The Labute approximate surface area is 121 Å². The summed E-state index contributed by atoms with van der Waals surface area (Å²) in [5.74, 6) is 0. The van der Waals surface area contributed by atoms with Crippen LogP contribution < -0.4 is 11.1 Å². The molecule has 7 heteroatoms. The number of rotatable bonds is 2. The van der Waals surface area contributed by atoms with Crippen molar-refractivity contribution in [2.75, 3.05) is 24.1 Å². The molecule has 1 saturated heterocycles. The van der Waals surface area contributed by atoms with Crippen molar-refractivity contribution in [2.45, 2.75) is 18.9 Å². The number of carbonyl (C=O) groups is 1. The zero-order valence-corrected chi connectivity index (χ0v) is 11.7. The lowest BCUT2D eigenvalue weighted by atomic mass is 10.0. The van der Waals surface area contributed by atoms with Gasteiger partial charge in [0.2, 0.25) is 0 Å². The Morgan fingerprint density at radius 3 is 2.47 bits per heavy atom. The number of hydrogen-bond donors (Lipinski definition) is 3. The number of carboxylic acid groups (broad SMARTS) is 1. The fourth-order valence-corrected chi connectivity index (χ4v) is 2.46. The highest BCUT2D eigenvalue weighted by Gasteiger charge is 2.22. The van der Waals surface area contributed by atoms with E-state index in [0.29, 0.717) is 28.8 Å². The highest BCUT2D eigenvalue weighted by Crippen LogP contribution is 2.31. The monoisotopic (exact) mass is 303 g/mol. The summed E-state index contributed by atoms with van der Waals surface area (Å²) in [6, 6.07) is 3.50. The van der Waals surface area contributed by atoms with E-state index < -0.39 is 6.09 Å². The number of likely N-dealkylation sites (tertiary alicyclic amines) is 1. The van der Waals surface area contributed by atoms with Gasteiger partial charge in [0.05, 0.1) is 21.4 Å². The number of hydrogen-bond acceptors (Lipinski definition) is 3. The van der Waals surface area contributed by atoms with Crippen LogP contribution in [0.2, 0.25) is 10.0 Å². The first-order valence-corrected chi connectivity index (χ1v) is 6.72. The lowest BCUT2D eigenvalue weighted by Crippen LogP contribution is -2.41. The molecule has 0 saturated carbocycles. The summed E-state index contributed by atoms with van der Waals surface area (Å²) >= 11 is 11.8. The van der Waals surface area contributed by atoms with Crippen LogP contribution in [0.4, 0.5) is 16.2 Å². The van der Waals surface area contributed by atoms with Crippen LogP contribution in [0.15, 0.2) is 12.1 Å². The van der Waals surface area contributed by atoms with Gasteiger partial charge in [-0.1, -0.05) is 23.2 Å². The van der Waals surface area contributed by atoms with Crippen molar-refractivity contribution in [3.8, 4) is 0 Å². The highest BCUT2D eigenvalue weighted by molar-refractivity contribution is 6.42. The van der Waals surface area contributed by atoms with Crippen LogP contribution >= 0.6 is 23.2 Å². The SMILES string of the molecule is Nc1cc(Cl)c(Cl)cc1NC1CCN(C(=O)O)CC1. The third-order valence-corrected chi connectivity index (χ3v) is 3.94. The average molecular weight is 304 g/mol. The second-order valence-corrected chi connectivity index (χ2v) is 5.36. The van der Waals surface area contributed by atoms with E-state index in [0.717, 1.165) is 18.5 Å². The molecule has 1 amide bonds. The largest absolute Gasteiger partial charge is 0.465 e. The van der Waals surface area contributed by atoms with Crippen LogP contribution in [0.1, 0.15) is 12.8 Å². The Balaban J connectivity index is 1.99. The molecule has 104 valence electrons. The molecule has 0 atom stereocenters. The van der Waals surface area contributed by atoms with Crippen molar-refractivity contribution in [1.29, 1.82) is 0 Å². The molecule has 5 nitrogen and oxygen atoms in total. The van der Waals surface area contributed by atoms with Gasteiger partial charge < -0.3 is 21.1 Å². The van der Waals surface area contributed by atoms with E-state index in [9.17, 15) is 4.79 Å². The standard InChI is InChI=1S/C12H15Cl2N3O2/c13-8-5-10(15)11(6-9(8)14)16-7-1-3-17(4-2-7)12(18)19/h5-7,16H,1-4,15H2,(H,18,19). The summed E-state index contributed by atoms with van der Waals surface area (Å²) in [5, 5.41) is 13.0. The van der Waals surface area contributed by atoms with Crippen molar-refractivity contribution in [3.05, 3.63) is 22.2 Å². The molecular formula is C12H15Cl2N3O2. The summed E-state index contributed by atoms with van der Waals surface area (Å²) in [6.07, 6.45) is 0.616.